The van der Waals surface area contributed by atoms with Crippen LogP contribution in [0.15, 0.2) is 5.28 Å². The highest BCUT2D eigenvalue weighted by molar-refractivity contribution is 4.55. The van der Waals surface area contributed by atoms with Crippen LogP contribution in [0.25, 0.3) is 0 Å². The Hall–Kier alpha value is -1.00. The van der Waals surface area contributed by atoms with Gasteiger partial charge in [-0.25, -0.2) is 0 Å². The van der Waals surface area contributed by atoms with Crippen molar-refractivity contribution < 1.29 is 4.97 Å². The fourth-order valence-corrected chi connectivity index (χ4v) is 0.923. The number of hydrogen-bond donors (Lipinski definition) is 0. The zero-order valence-electron chi connectivity index (χ0n) is 4.99. The summed E-state index contributed by atoms with van der Waals surface area (Å²) in [6, 6.07) is 0. The predicted molar refractivity (Wildman–Crippen MR) is 30.2 cm³/mol. The fraction of sp³-hybridized carbons (Fsp3) is 1.00. The van der Waals surface area contributed by atoms with Crippen LogP contribution < -0.4 is 0 Å². The van der Waals surface area contributed by atoms with E-state index in [1.54, 1.807) is 0 Å². The van der Waals surface area contributed by atoms with Crippen LogP contribution in [0.3, 0.4) is 0 Å². The van der Waals surface area contributed by atoms with Gasteiger partial charge in [0, 0.05) is 4.97 Å². The molecule has 5 nitrogen and oxygen atoms in total. The minimum absolute atomic E-state index is 0.118. The van der Waals surface area contributed by atoms with E-state index in [4.69, 9.17) is 0 Å². The molecule has 1 heterocycles. The number of rotatable bonds is 1. The van der Waals surface area contributed by atoms with Gasteiger partial charge in [-0.2, -0.15) is 0 Å². The first-order valence-electron chi connectivity index (χ1n) is 2.90. The van der Waals surface area contributed by atoms with Crippen molar-refractivity contribution in [3.05, 3.63) is 10.4 Å². The highest BCUT2D eigenvalue weighted by Crippen LogP contribution is 2.06. The van der Waals surface area contributed by atoms with Crippen molar-refractivity contribution in [2.75, 3.05) is 13.1 Å². The van der Waals surface area contributed by atoms with Crippen LogP contribution in [0.1, 0.15) is 12.8 Å². The fourth-order valence-electron chi connectivity index (χ4n) is 0.923. The Morgan fingerprint density at radius 3 is 2.33 bits per heavy atom. The van der Waals surface area contributed by atoms with Crippen LogP contribution in [-0.2, 0) is 0 Å². The van der Waals surface area contributed by atoms with Gasteiger partial charge < -0.3 is 10.4 Å². The lowest BCUT2D eigenvalue weighted by molar-refractivity contribution is -0.686. The minimum atomic E-state index is 0.118. The smallest absolute Gasteiger partial charge is 0.0768 e. The molecule has 9 heavy (non-hydrogen) atoms. The maximum Gasteiger partial charge on any atom is 0.0768 e. The molecule has 0 aromatic rings. The summed E-state index contributed by atoms with van der Waals surface area (Å²) >= 11 is 0. The molecular formula is C4H8N3O2-. The maximum absolute atomic E-state index is 10.4. The summed E-state index contributed by atoms with van der Waals surface area (Å²) in [5.41, 5.74) is 0. The molecule has 1 rings (SSSR count). The molecule has 1 aliphatic heterocycles. The van der Waals surface area contributed by atoms with Crippen molar-refractivity contribution in [3.8, 4) is 0 Å². The molecule has 0 radical (unpaired) electrons. The molecule has 0 spiro atoms. The van der Waals surface area contributed by atoms with Crippen molar-refractivity contribution in [1.29, 1.82) is 0 Å². The average molecular weight is 130 g/mol. The summed E-state index contributed by atoms with van der Waals surface area (Å²) in [5, 5.41) is 23.6. The quantitative estimate of drug-likeness (QED) is 0.294. The molecule has 0 N–H and O–H groups in total. The van der Waals surface area contributed by atoms with E-state index < -0.39 is 0 Å². The van der Waals surface area contributed by atoms with E-state index in [-0.39, 0.29) is 4.97 Å². The first-order chi connectivity index (χ1) is 4.34. The maximum atomic E-state index is 10.4. The molecule has 0 bridgehead atoms. The van der Waals surface area contributed by atoms with Crippen molar-refractivity contribution >= 4 is 0 Å². The normalized spacial score (nSPS) is 20.9. The topological polar surface area (TPSA) is 64.7 Å². The summed E-state index contributed by atoms with van der Waals surface area (Å²) < 4.78 is 0. The number of nitrogens with zero attached hydrogens (tertiary/aromatic N) is 3. The van der Waals surface area contributed by atoms with Gasteiger partial charge in [-0.15, -0.1) is 5.01 Å². The predicted octanol–water partition coefficient (Wildman–Crippen LogP) is 0.458. The van der Waals surface area contributed by atoms with E-state index in [1.807, 2.05) is 0 Å². The van der Waals surface area contributed by atoms with Crippen molar-refractivity contribution in [2.24, 2.45) is 5.28 Å². The Kier molecular flexibility index (Phi) is 1.72. The van der Waals surface area contributed by atoms with Crippen LogP contribution in [0.4, 0.5) is 0 Å². The van der Waals surface area contributed by atoms with Crippen molar-refractivity contribution in [3.63, 3.8) is 0 Å². The molecule has 0 saturated carbocycles. The van der Waals surface area contributed by atoms with E-state index >= 15 is 0 Å². The van der Waals surface area contributed by atoms with E-state index in [2.05, 4.69) is 5.28 Å². The highest BCUT2D eigenvalue weighted by Gasteiger charge is 2.16. The third-order valence-electron chi connectivity index (χ3n) is 1.39. The molecule has 5 heteroatoms. The summed E-state index contributed by atoms with van der Waals surface area (Å²) in [6.07, 6.45) is 1.96. The first kappa shape index (κ1) is 6.12. The Labute approximate surface area is 52.7 Å². The zero-order valence-corrected chi connectivity index (χ0v) is 4.99. The monoisotopic (exact) mass is 130 g/mol. The Morgan fingerprint density at radius 2 is 1.89 bits per heavy atom. The molecule has 0 aliphatic carbocycles. The third kappa shape index (κ3) is 1.22. The lowest BCUT2D eigenvalue weighted by Gasteiger charge is -2.11. The highest BCUT2D eigenvalue weighted by atomic mass is 16.6. The average Bonchev–Trinajstić information content (AvgIpc) is 2.37. The Morgan fingerprint density at radius 1 is 1.33 bits per heavy atom. The second-order valence-electron chi connectivity index (χ2n) is 2.00. The molecule has 52 valence electrons. The second-order valence-corrected chi connectivity index (χ2v) is 2.00. The van der Waals surface area contributed by atoms with Crippen molar-refractivity contribution in [2.45, 2.75) is 12.8 Å². The first-order valence-corrected chi connectivity index (χ1v) is 2.90. The second kappa shape index (κ2) is 2.52. The number of hydrazine groups is 1. The van der Waals surface area contributed by atoms with E-state index in [0.717, 1.165) is 12.8 Å². The van der Waals surface area contributed by atoms with Crippen LogP contribution in [0.5, 0.6) is 0 Å². The lowest BCUT2D eigenvalue weighted by atomic mass is 10.4. The van der Waals surface area contributed by atoms with Crippen LogP contribution in [0, 0.1) is 10.4 Å². The molecule has 0 aromatic heterocycles. The minimum Gasteiger partial charge on any atom is -0.737 e. The van der Waals surface area contributed by atoms with E-state index in [0.29, 0.717) is 13.1 Å². The zero-order chi connectivity index (χ0) is 6.69. The van der Waals surface area contributed by atoms with Crippen LogP contribution in [-0.4, -0.2) is 23.1 Å². The van der Waals surface area contributed by atoms with Gasteiger partial charge in [0.25, 0.3) is 0 Å². The third-order valence-corrected chi connectivity index (χ3v) is 1.39. The van der Waals surface area contributed by atoms with E-state index in [9.17, 15) is 10.4 Å². The summed E-state index contributed by atoms with van der Waals surface area (Å²) in [7, 11) is 0. The van der Waals surface area contributed by atoms with Crippen LogP contribution in [0.2, 0.25) is 0 Å². The van der Waals surface area contributed by atoms with Crippen LogP contribution >= 0.6 is 0 Å². The van der Waals surface area contributed by atoms with Crippen molar-refractivity contribution in [1.82, 2.24) is 5.01 Å². The van der Waals surface area contributed by atoms with Gasteiger partial charge in [-0.05, 0) is 18.1 Å². The standard InChI is InChI=1S/C4H9N3O2/c8-5-7(9)6-3-1-2-4-6/h8H,1-4H2/p-1/b7-5-. The van der Waals surface area contributed by atoms with Gasteiger partial charge in [0.1, 0.15) is 0 Å². The lowest BCUT2D eigenvalue weighted by Crippen LogP contribution is -2.26. The molecule has 0 unspecified atom stereocenters. The largest absolute Gasteiger partial charge is 0.737 e. The molecule has 1 aliphatic rings. The molecule has 0 atom stereocenters. The number of hydrogen-bond acceptors (Lipinski definition) is 3. The van der Waals surface area contributed by atoms with Gasteiger partial charge in [0.15, 0.2) is 0 Å². The Balaban J connectivity index is 2.42. The van der Waals surface area contributed by atoms with Gasteiger partial charge >= 0.3 is 0 Å². The van der Waals surface area contributed by atoms with Gasteiger partial charge in [-0.3, -0.25) is 0 Å². The summed E-state index contributed by atoms with van der Waals surface area (Å²) in [5.74, 6) is 0. The molecular weight excluding hydrogens is 122 g/mol. The van der Waals surface area contributed by atoms with Gasteiger partial charge in [-0.1, -0.05) is 0 Å². The molecule has 1 saturated heterocycles. The molecule has 0 aromatic carbocycles. The molecule has 0 amide bonds. The van der Waals surface area contributed by atoms with Gasteiger partial charge in [0.05, 0.1) is 13.1 Å². The SMILES string of the molecule is [O-]/N=[N+](\[O-])N1CCCC1. The summed E-state index contributed by atoms with van der Waals surface area (Å²) in [6.45, 7) is 1.32. The Bertz CT molecular complexity index is 119. The van der Waals surface area contributed by atoms with Gasteiger partial charge in [0.2, 0.25) is 0 Å². The van der Waals surface area contributed by atoms with E-state index in [1.165, 1.54) is 5.01 Å². The molecule has 1 fully saturated rings. The summed E-state index contributed by atoms with van der Waals surface area (Å²) in [4.78, 5) is 0.118.